The van der Waals surface area contributed by atoms with Crippen molar-refractivity contribution in [3.63, 3.8) is 0 Å². The zero-order chi connectivity index (χ0) is 26.7. The largest absolute Gasteiger partial charge is 0.496 e. The number of para-hydroxylation sites is 1. The standard InChI is InChI=1S/C26H26BrN3O7/c1-29(10-11-31)24(32)18-4-3-5-21-23(18)37-14-20(28-26(34)35)25(33)30(21)13-19-17-8-7-16(27)12-15(17)6-9-22(19)36-2/h3-9,12,20,28,31H,10-11,13-14H2,1-2H3,(H,34,35). The van der Waals surface area contributed by atoms with Crippen LogP contribution in [0.2, 0.25) is 0 Å². The highest BCUT2D eigenvalue weighted by atomic mass is 79.9. The van der Waals surface area contributed by atoms with Gasteiger partial charge in [0.25, 0.3) is 11.8 Å². The number of aliphatic hydroxyl groups excluding tert-OH is 1. The van der Waals surface area contributed by atoms with Crippen LogP contribution in [0.5, 0.6) is 11.5 Å². The molecule has 11 heteroatoms. The number of methoxy groups -OCH3 is 1. The monoisotopic (exact) mass is 571 g/mol. The average Bonchev–Trinajstić information content (AvgIpc) is 3.00. The molecule has 3 amide bonds. The number of rotatable bonds is 7. The van der Waals surface area contributed by atoms with E-state index in [4.69, 9.17) is 9.47 Å². The third-order valence-electron chi connectivity index (χ3n) is 6.14. The van der Waals surface area contributed by atoms with Crippen LogP contribution in [0.15, 0.2) is 53.0 Å². The van der Waals surface area contributed by atoms with E-state index in [9.17, 15) is 24.6 Å². The van der Waals surface area contributed by atoms with Crippen molar-refractivity contribution >= 4 is 50.3 Å². The van der Waals surface area contributed by atoms with Crippen LogP contribution >= 0.6 is 15.9 Å². The van der Waals surface area contributed by atoms with Crippen molar-refractivity contribution in [2.75, 3.05) is 38.8 Å². The molecule has 4 rings (SSSR count). The van der Waals surface area contributed by atoms with Gasteiger partial charge in [-0.15, -0.1) is 0 Å². The van der Waals surface area contributed by atoms with Gasteiger partial charge in [0, 0.05) is 23.6 Å². The maximum Gasteiger partial charge on any atom is 0.405 e. The Morgan fingerprint density at radius 3 is 2.73 bits per heavy atom. The van der Waals surface area contributed by atoms with Gasteiger partial charge in [-0.3, -0.25) is 9.59 Å². The highest BCUT2D eigenvalue weighted by molar-refractivity contribution is 9.10. The van der Waals surface area contributed by atoms with E-state index < -0.39 is 23.9 Å². The number of carbonyl (C=O) groups is 3. The van der Waals surface area contributed by atoms with Crippen LogP contribution in [0.4, 0.5) is 10.5 Å². The molecule has 0 aromatic heterocycles. The maximum absolute atomic E-state index is 13.7. The molecule has 0 spiro atoms. The highest BCUT2D eigenvalue weighted by Crippen LogP contribution is 2.39. The van der Waals surface area contributed by atoms with E-state index in [2.05, 4.69) is 21.2 Å². The second-order valence-electron chi connectivity index (χ2n) is 8.45. The summed E-state index contributed by atoms with van der Waals surface area (Å²) in [7, 11) is 3.08. The van der Waals surface area contributed by atoms with Crippen molar-refractivity contribution in [3.8, 4) is 11.5 Å². The van der Waals surface area contributed by atoms with Gasteiger partial charge in [0.15, 0.2) is 5.75 Å². The third kappa shape index (κ3) is 5.32. The Hall–Kier alpha value is -3.83. The number of fused-ring (bicyclic) bond motifs is 2. The predicted molar refractivity (Wildman–Crippen MR) is 140 cm³/mol. The van der Waals surface area contributed by atoms with E-state index in [0.29, 0.717) is 17.0 Å². The van der Waals surface area contributed by atoms with Crippen molar-refractivity contribution < 1.29 is 34.1 Å². The first-order valence-electron chi connectivity index (χ1n) is 11.4. The van der Waals surface area contributed by atoms with E-state index in [1.807, 2.05) is 24.3 Å². The Morgan fingerprint density at radius 2 is 2.03 bits per heavy atom. The number of nitrogens with one attached hydrogen (secondary N) is 1. The number of aliphatic hydroxyl groups is 1. The molecule has 1 aliphatic heterocycles. The molecule has 0 fully saturated rings. The molecule has 1 atom stereocenters. The zero-order valence-corrected chi connectivity index (χ0v) is 21.8. The lowest BCUT2D eigenvalue weighted by atomic mass is 10.0. The summed E-state index contributed by atoms with van der Waals surface area (Å²) < 4.78 is 12.4. The molecule has 0 aliphatic carbocycles. The topological polar surface area (TPSA) is 129 Å². The smallest absolute Gasteiger partial charge is 0.405 e. The number of benzene rings is 3. The normalized spacial score (nSPS) is 15.0. The quantitative estimate of drug-likeness (QED) is 0.397. The predicted octanol–water partition coefficient (Wildman–Crippen LogP) is 3.24. The Bertz CT molecular complexity index is 1360. The first-order valence-corrected chi connectivity index (χ1v) is 12.2. The number of ether oxygens (including phenoxy) is 2. The second-order valence-corrected chi connectivity index (χ2v) is 9.37. The minimum absolute atomic E-state index is 0.0270. The number of anilines is 1. The summed E-state index contributed by atoms with van der Waals surface area (Å²) >= 11 is 3.48. The van der Waals surface area contributed by atoms with Crippen molar-refractivity contribution in [1.82, 2.24) is 10.2 Å². The van der Waals surface area contributed by atoms with Crippen LogP contribution in [0, 0.1) is 0 Å². The molecule has 3 aromatic carbocycles. The molecule has 0 saturated carbocycles. The fourth-order valence-corrected chi connectivity index (χ4v) is 4.71. The molecule has 37 heavy (non-hydrogen) atoms. The van der Waals surface area contributed by atoms with Gasteiger partial charge < -0.3 is 34.8 Å². The highest BCUT2D eigenvalue weighted by Gasteiger charge is 2.35. The van der Waals surface area contributed by atoms with Crippen molar-refractivity contribution in [2.24, 2.45) is 0 Å². The van der Waals surface area contributed by atoms with Crippen LogP contribution in [0.1, 0.15) is 15.9 Å². The Balaban J connectivity index is 1.87. The molecule has 3 N–H and O–H groups in total. The van der Waals surface area contributed by atoms with Gasteiger partial charge in [0.1, 0.15) is 18.4 Å². The molecular weight excluding hydrogens is 546 g/mol. The molecular formula is C26H26BrN3O7. The minimum atomic E-state index is -1.38. The van der Waals surface area contributed by atoms with E-state index >= 15 is 0 Å². The van der Waals surface area contributed by atoms with E-state index in [1.165, 1.54) is 16.9 Å². The number of nitrogens with zero attached hydrogens (tertiary/aromatic N) is 2. The van der Waals surface area contributed by atoms with Crippen LogP contribution in [-0.4, -0.2) is 73.0 Å². The summed E-state index contributed by atoms with van der Waals surface area (Å²) in [5, 5.41) is 22.6. The second kappa shape index (κ2) is 11.1. The SMILES string of the molecule is COc1ccc2cc(Br)ccc2c1CN1C(=O)C(NC(=O)O)COc2c(C(=O)N(C)CCO)cccc21. The summed E-state index contributed by atoms with van der Waals surface area (Å²) in [6, 6.07) is 13.1. The number of carbonyl (C=O) groups excluding carboxylic acids is 2. The summed E-state index contributed by atoms with van der Waals surface area (Å²) in [6.45, 7) is -0.386. The molecule has 1 unspecified atom stereocenters. The van der Waals surface area contributed by atoms with Crippen LogP contribution < -0.4 is 19.7 Å². The third-order valence-corrected chi connectivity index (χ3v) is 6.63. The number of likely N-dealkylation sites (N-methyl/N-ethyl adjacent to an activating group) is 1. The molecule has 0 radical (unpaired) electrons. The zero-order valence-electron chi connectivity index (χ0n) is 20.2. The van der Waals surface area contributed by atoms with Gasteiger partial charge in [-0.2, -0.15) is 0 Å². The van der Waals surface area contributed by atoms with Gasteiger partial charge in [-0.05, 0) is 41.1 Å². The number of halogens is 1. The fraction of sp³-hybridized carbons (Fsp3) is 0.269. The first-order chi connectivity index (χ1) is 17.7. The Morgan fingerprint density at radius 1 is 1.24 bits per heavy atom. The average molecular weight is 572 g/mol. The summed E-state index contributed by atoms with van der Waals surface area (Å²) in [6.07, 6.45) is -1.38. The van der Waals surface area contributed by atoms with Crippen LogP contribution in [0.3, 0.4) is 0 Å². The van der Waals surface area contributed by atoms with Crippen LogP contribution in [0.25, 0.3) is 10.8 Å². The molecule has 10 nitrogen and oxygen atoms in total. The Labute approximate surface area is 221 Å². The fourth-order valence-electron chi connectivity index (χ4n) is 4.33. The van der Waals surface area contributed by atoms with Crippen molar-refractivity contribution in [1.29, 1.82) is 0 Å². The van der Waals surface area contributed by atoms with Gasteiger partial charge in [-0.25, -0.2) is 4.79 Å². The van der Waals surface area contributed by atoms with E-state index in [1.54, 1.807) is 31.3 Å². The van der Waals surface area contributed by atoms with Crippen molar-refractivity contribution in [3.05, 3.63) is 64.1 Å². The lowest BCUT2D eigenvalue weighted by Crippen LogP contribution is -2.49. The minimum Gasteiger partial charge on any atom is -0.496 e. The van der Waals surface area contributed by atoms with Gasteiger partial charge in [0.2, 0.25) is 0 Å². The lowest BCUT2D eigenvalue weighted by Gasteiger charge is -2.26. The van der Waals surface area contributed by atoms with E-state index in [-0.39, 0.29) is 37.6 Å². The lowest BCUT2D eigenvalue weighted by molar-refractivity contribution is -0.121. The van der Waals surface area contributed by atoms with Gasteiger partial charge in [0.05, 0.1) is 31.5 Å². The number of amides is 3. The number of carboxylic acid groups (broad SMARTS) is 1. The molecule has 0 saturated heterocycles. The number of hydrogen-bond acceptors (Lipinski definition) is 6. The molecule has 1 aliphatic rings. The molecule has 1 heterocycles. The molecule has 194 valence electrons. The maximum atomic E-state index is 13.7. The summed E-state index contributed by atoms with van der Waals surface area (Å²) in [5.41, 5.74) is 1.21. The molecule has 3 aromatic rings. The van der Waals surface area contributed by atoms with Gasteiger partial charge in [-0.1, -0.05) is 34.1 Å². The molecule has 0 bridgehead atoms. The Kier molecular flexibility index (Phi) is 7.84. The van der Waals surface area contributed by atoms with Gasteiger partial charge >= 0.3 is 6.09 Å². The summed E-state index contributed by atoms with van der Waals surface area (Å²) in [4.78, 5) is 41.0. The summed E-state index contributed by atoms with van der Waals surface area (Å²) in [5.74, 6) is -0.240. The first kappa shape index (κ1) is 26.2. The van der Waals surface area contributed by atoms with Crippen LogP contribution in [-0.2, 0) is 11.3 Å². The number of hydrogen-bond donors (Lipinski definition) is 3. The van der Waals surface area contributed by atoms with Crippen molar-refractivity contribution in [2.45, 2.75) is 12.6 Å². The van der Waals surface area contributed by atoms with E-state index in [0.717, 1.165) is 15.2 Å².